The third-order valence-electron chi connectivity index (χ3n) is 5.81. The van der Waals surface area contributed by atoms with Crippen LogP contribution in [0.15, 0.2) is 59.8 Å². The average Bonchev–Trinajstić information content (AvgIpc) is 2.78. The topological polar surface area (TPSA) is 85.4 Å². The summed E-state index contributed by atoms with van der Waals surface area (Å²) in [4.78, 5) is 17.6. The van der Waals surface area contributed by atoms with Crippen LogP contribution in [0.2, 0.25) is 0 Å². The van der Waals surface area contributed by atoms with E-state index in [0.717, 1.165) is 33.9 Å². The summed E-state index contributed by atoms with van der Waals surface area (Å²) in [6, 6.07) is 11.0. The number of carbonyl (C=O) groups excluding carboxylic acids is 1. The normalized spacial score (nSPS) is 14.5. The minimum absolute atomic E-state index is 0.0134. The van der Waals surface area contributed by atoms with Crippen molar-refractivity contribution >= 4 is 49.6 Å². The summed E-state index contributed by atoms with van der Waals surface area (Å²) in [7, 11) is -1.73. The molecule has 0 bridgehead atoms. The Hall–Kier alpha value is -3.16. The number of hydrogen-bond donors (Lipinski definition) is 1. The van der Waals surface area contributed by atoms with Gasteiger partial charge in [0.2, 0.25) is 10.0 Å². The number of rotatable bonds is 5. The summed E-state index contributed by atoms with van der Waals surface area (Å²) in [5, 5.41) is 1.31. The van der Waals surface area contributed by atoms with E-state index >= 15 is 0 Å². The van der Waals surface area contributed by atoms with Crippen LogP contribution in [0, 0.1) is 0 Å². The van der Waals surface area contributed by atoms with Crippen LogP contribution in [0.25, 0.3) is 27.6 Å². The van der Waals surface area contributed by atoms with E-state index in [2.05, 4.69) is 25.5 Å². The molecule has 6 nitrogen and oxygen atoms in total. The van der Waals surface area contributed by atoms with Crippen molar-refractivity contribution in [2.24, 2.45) is 0 Å². The van der Waals surface area contributed by atoms with E-state index in [1.165, 1.54) is 0 Å². The Morgan fingerprint density at radius 2 is 1.77 bits per heavy atom. The molecule has 0 saturated carbocycles. The van der Waals surface area contributed by atoms with Crippen molar-refractivity contribution in [1.29, 1.82) is 0 Å². The van der Waals surface area contributed by atoms with Crippen LogP contribution in [0.1, 0.15) is 38.3 Å². The van der Waals surface area contributed by atoms with Crippen molar-refractivity contribution in [2.45, 2.75) is 32.6 Å². The first-order valence-electron chi connectivity index (χ1n) is 11.1. The number of pyridine rings is 1. The highest BCUT2D eigenvalue weighted by Crippen LogP contribution is 2.42. The van der Waals surface area contributed by atoms with Crippen molar-refractivity contribution in [3.63, 3.8) is 0 Å². The summed E-state index contributed by atoms with van der Waals surface area (Å²) < 4.78 is 31.4. The number of nitrogens with zero attached hydrogens (tertiary/aromatic N) is 1. The maximum atomic E-state index is 12.8. The van der Waals surface area contributed by atoms with E-state index in [1.54, 1.807) is 37.6 Å². The third-order valence-corrected chi connectivity index (χ3v) is 6.68. The molecule has 0 amide bonds. The standard InChI is InChI=1S/C27H27ClN2O4S/c1-27(2,3)23-14-21(20-13-18(28)8-11-24(20)31)25-22(26(23)34-4)12-17(15-29-25)16-6-9-19(10-7-16)30-35(5,32)33/h6-10,12-15,30H,11H2,1-5H3. The molecule has 35 heavy (non-hydrogen) atoms. The third kappa shape index (κ3) is 5.26. The highest BCUT2D eigenvalue weighted by Gasteiger charge is 2.27. The lowest BCUT2D eigenvalue weighted by Crippen LogP contribution is -2.15. The number of halogens is 1. The lowest BCUT2D eigenvalue weighted by atomic mass is 9.82. The van der Waals surface area contributed by atoms with E-state index in [9.17, 15) is 13.2 Å². The van der Waals surface area contributed by atoms with Gasteiger partial charge in [-0.05, 0) is 41.3 Å². The highest BCUT2D eigenvalue weighted by atomic mass is 35.5. The Kier molecular flexibility index (Phi) is 6.51. The SMILES string of the molecule is COc1c(C(C)(C)C)cc(C2=CC(Cl)=CCC2=O)c2ncc(-c3ccc(NS(C)(=O)=O)cc3)cc12. The van der Waals surface area contributed by atoms with E-state index in [1.807, 2.05) is 24.3 Å². The largest absolute Gasteiger partial charge is 0.496 e. The second-order valence-electron chi connectivity index (χ2n) is 9.60. The van der Waals surface area contributed by atoms with Crippen molar-refractivity contribution in [3.05, 3.63) is 70.9 Å². The van der Waals surface area contributed by atoms with Gasteiger partial charge in [-0.25, -0.2) is 8.42 Å². The molecule has 0 radical (unpaired) electrons. The fourth-order valence-corrected chi connectivity index (χ4v) is 4.92. The van der Waals surface area contributed by atoms with Gasteiger partial charge >= 0.3 is 0 Å². The number of ketones is 1. The number of anilines is 1. The summed E-state index contributed by atoms with van der Waals surface area (Å²) >= 11 is 6.27. The molecular weight excluding hydrogens is 484 g/mol. The molecule has 8 heteroatoms. The molecule has 1 aliphatic carbocycles. The van der Waals surface area contributed by atoms with Gasteiger partial charge in [0.25, 0.3) is 0 Å². The van der Waals surface area contributed by atoms with E-state index < -0.39 is 10.0 Å². The van der Waals surface area contributed by atoms with E-state index in [0.29, 0.717) is 27.6 Å². The van der Waals surface area contributed by atoms with E-state index in [-0.39, 0.29) is 17.6 Å². The Morgan fingerprint density at radius 1 is 1.09 bits per heavy atom. The minimum Gasteiger partial charge on any atom is -0.496 e. The summed E-state index contributed by atoms with van der Waals surface area (Å²) in [6.07, 6.45) is 6.50. The van der Waals surface area contributed by atoms with Crippen molar-refractivity contribution in [2.75, 3.05) is 18.1 Å². The van der Waals surface area contributed by atoms with Gasteiger partial charge in [-0.3, -0.25) is 14.5 Å². The van der Waals surface area contributed by atoms with Crippen LogP contribution in [0.3, 0.4) is 0 Å². The van der Waals surface area contributed by atoms with Crippen molar-refractivity contribution < 1.29 is 17.9 Å². The molecule has 0 spiro atoms. The van der Waals surface area contributed by atoms with Gasteiger partial charge in [0, 0.05) is 51.0 Å². The number of nitrogens with one attached hydrogen (secondary N) is 1. The Labute approximate surface area is 210 Å². The summed E-state index contributed by atoms with van der Waals surface area (Å²) in [6.45, 7) is 6.28. The molecule has 0 fully saturated rings. The van der Waals surface area contributed by atoms with Gasteiger partial charge in [0.05, 0.1) is 18.9 Å². The molecule has 3 aromatic rings. The first-order chi connectivity index (χ1) is 16.4. The quantitative estimate of drug-likeness (QED) is 0.451. The zero-order valence-corrected chi connectivity index (χ0v) is 21.8. The van der Waals surface area contributed by atoms with Crippen LogP contribution in [0.4, 0.5) is 5.69 Å². The maximum Gasteiger partial charge on any atom is 0.229 e. The number of fused-ring (bicyclic) bond motifs is 1. The van der Waals surface area contributed by atoms with Gasteiger partial charge in [0.15, 0.2) is 5.78 Å². The first-order valence-corrected chi connectivity index (χ1v) is 13.3. The van der Waals surface area contributed by atoms with Crippen LogP contribution >= 0.6 is 11.6 Å². The second kappa shape index (κ2) is 9.13. The molecule has 4 rings (SSSR count). The predicted molar refractivity (Wildman–Crippen MR) is 142 cm³/mol. The fourth-order valence-electron chi connectivity index (χ4n) is 4.17. The second-order valence-corrected chi connectivity index (χ2v) is 11.8. The summed E-state index contributed by atoms with van der Waals surface area (Å²) in [5.41, 5.74) is 4.78. The average molecular weight is 511 g/mol. The molecule has 1 N–H and O–H groups in total. The maximum absolute atomic E-state index is 12.8. The van der Waals surface area contributed by atoms with Crippen LogP contribution in [-0.2, 0) is 20.2 Å². The molecule has 1 aromatic heterocycles. The molecular formula is C27H27ClN2O4S. The molecule has 2 aromatic carbocycles. The van der Waals surface area contributed by atoms with Crippen LogP contribution in [-0.4, -0.2) is 32.6 Å². The fraction of sp³-hybridized carbons (Fsp3) is 0.259. The Bertz CT molecular complexity index is 1500. The predicted octanol–water partition coefficient (Wildman–Crippen LogP) is 6.06. The van der Waals surface area contributed by atoms with Gasteiger partial charge in [-0.2, -0.15) is 0 Å². The number of sulfonamides is 1. The lowest BCUT2D eigenvalue weighted by Gasteiger charge is -2.25. The van der Waals surface area contributed by atoms with Gasteiger partial charge in [0.1, 0.15) is 5.75 Å². The summed E-state index contributed by atoms with van der Waals surface area (Å²) in [5.74, 6) is 0.687. The monoisotopic (exact) mass is 510 g/mol. The molecule has 1 aliphatic rings. The van der Waals surface area contributed by atoms with Crippen molar-refractivity contribution in [1.82, 2.24) is 4.98 Å². The van der Waals surface area contributed by atoms with Crippen LogP contribution < -0.4 is 9.46 Å². The van der Waals surface area contributed by atoms with Crippen LogP contribution in [0.5, 0.6) is 5.75 Å². The smallest absolute Gasteiger partial charge is 0.229 e. The number of benzene rings is 2. The number of aromatic nitrogens is 1. The first kappa shape index (κ1) is 24.9. The molecule has 0 unspecified atom stereocenters. The molecule has 0 aliphatic heterocycles. The number of methoxy groups -OCH3 is 1. The lowest BCUT2D eigenvalue weighted by molar-refractivity contribution is -0.113. The minimum atomic E-state index is -3.36. The van der Waals surface area contributed by atoms with Gasteiger partial charge in [-0.1, -0.05) is 50.6 Å². The number of allylic oxidation sites excluding steroid dienone is 4. The van der Waals surface area contributed by atoms with Gasteiger partial charge in [-0.15, -0.1) is 0 Å². The Morgan fingerprint density at radius 3 is 2.37 bits per heavy atom. The zero-order chi connectivity index (χ0) is 25.5. The van der Waals surface area contributed by atoms with Crippen molar-refractivity contribution in [3.8, 4) is 16.9 Å². The number of ether oxygens (including phenoxy) is 1. The zero-order valence-electron chi connectivity index (χ0n) is 20.3. The highest BCUT2D eigenvalue weighted by molar-refractivity contribution is 7.92. The molecule has 0 saturated heterocycles. The molecule has 182 valence electrons. The molecule has 0 atom stereocenters. The Balaban J connectivity index is 1.94. The number of Topliss-reactive ketones (excluding diaryl/α,β-unsaturated/α-hetero) is 1. The number of hydrogen-bond acceptors (Lipinski definition) is 5. The van der Waals surface area contributed by atoms with Gasteiger partial charge < -0.3 is 4.74 Å². The number of carbonyl (C=O) groups is 1. The molecule has 1 heterocycles. The van der Waals surface area contributed by atoms with E-state index in [4.69, 9.17) is 21.3 Å².